The predicted molar refractivity (Wildman–Crippen MR) is 73.6 cm³/mol. The lowest BCUT2D eigenvalue weighted by Gasteiger charge is -2.12. The molecular formula is C14H15NO4S. The fourth-order valence-corrected chi connectivity index (χ4v) is 3.20. The Morgan fingerprint density at radius 1 is 1.40 bits per heavy atom. The van der Waals surface area contributed by atoms with Gasteiger partial charge in [0, 0.05) is 0 Å². The van der Waals surface area contributed by atoms with Crippen molar-refractivity contribution in [2.45, 2.75) is 36.1 Å². The highest BCUT2D eigenvalue weighted by atomic mass is 32.2. The Morgan fingerprint density at radius 3 is 2.35 bits per heavy atom. The van der Waals surface area contributed by atoms with Crippen LogP contribution in [0.25, 0.3) is 0 Å². The molecule has 1 aliphatic rings. The molecule has 1 aromatic rings. The third kappa shape index (κ3) is 2.55. The van der Waals surface area contributed by atoms with E-state index in [0.29, 0.717) is 18.4 Å². The van der Waals surface area contributed by atoms with E-state index in [1.54, 1.807) is 19.1 Å². The van der Waals surface area contributed by atoms with Crippen LogP contribution < -0.4 is 4.72 Å². The summed E-state index contributed by atoms with van der Waals surface area (Å²) in [6.07, 6.45) is 6.31. The van der Waals surface area contributed by atoms with Crippen molar-refractivity contribution in [1.82, 2.24) is 4.72 Å². The Bertz CT molecular complexity index is 666. The summed E-state index contributed by atoms with van der Waals surface area (Å²) in [5.74, 6) is 1.42. The minimum Gasteiger partial charge on any atom is -0.481 e. The zero-order valence-corrected chi connectivity index (χ0v) is 11.8. The SMILES string of the molecule is C#CC(C)NS(=O)(=O)c1ccc(C2(C(=O)O)CC2)cc1. The van der Waals surface area contributed by atoms with Crippen LogP contribution in [-0.4, -0.2) is 25.5 Å². The molecule has 2 rings (SSSR count). The molecule has 1 aliphatic carbocycles. The molecule has 0 saturated heterocycles. The molecule has 5 nitrogen and oxygen atoms in total. The quantitative estimate of drug-likeness (QED) is 0.796. The average molecular weight is 293 g/mol. The smallest absolute Gasteiger partial charge is 0.314 e. The Morgan fingerprint density at radius 2 is 1.95 bits per heavy atom. The van der Waals surface area contributed by atoms with Gasteiger partial charge in [-0.15, -0.1) is 6.42 Å². The first-order chi connectivity index (χ1) is 9.32. The minimum atomic E-state index is -3.67. The Hall–Kier alpha value is -1.84. The number of carboxylic acids is 1. The summed E-state index contributed by atoms with van der Waals surface area (Å²) in [5, 5.41) is 9.18. The third-order valence-corrected chi connectivity index (χ3v) is 5.02. The molecule has 1 fully saturated rings. The summed E-state index contributed by atoms with van der Waals surface area (Å²) < 4.78 is 26.3. The zero-order valence-electron chi connectivity index (χ0n) is 11.0. The van der Waals surface area contributed by atoms with Crippen molar-refractivity contribution in [1.29, 1.82) is 0 Å². The molecule has 0 bridgehead atoms. The van der Waals surface area contributed by atoms with Crippen molar-refractivity contribution >= 4 is 16.0 Å². The minimum absolute atomic E-state index is 0.0736. The molecule has 0 spiro atoms. The molecule has 0 aliphatic heterocycles. The van der Waals surface area contributed by atoms with Crippen LogP contribution in [0.2, 0.25) is 0 Å². The van der Waals surface area contributed by atoms with Crippen molar-refractivity contribution in [3.63, 3.8) is 0 Å². The van der Waals surface area contributed by atoms with Crippen LogP contribution in [0.1, 0.15) is 25.3 Å². The molecule has 6 heteroatoms. The highest BCUT2D eigenvalue weighted by molar-refractivity contribution is 7.89. The molecule has 106 valence electrons. The Kier molecular flexibility index (Phi) is 3.59. The fraction of sp³-hybridized carbons (Fsp3) is 0.357. The van der Waals surface area contributed by atoms with Crippen LogP contribution in [0.15, 0.2) is 29.2 Å². The average Bonchev–Trinajstić information content (AvgIpc) is 3.20. The number of carboxylic acid groups (broad SMARTS) is 1. The van der Waals surface area contributed by atoms with Gasteiger partial charge in [-0.1, -0.05) is 18.1 Å². The molecule has 1 atom stereocenters. The van der Waals surface area contributed by atoms with Crippen LogP contribution in [-0.2, 0) is 20.2 Å². The van der Waals surface area contributed by atoms with E-state index in [1.165, 1.54) is 12.1 Å². The summed E-state index contributed by atoms with van der Waals surface area (Å²) in [5.41, 5.74) is -0.198. The zero-order chi connectivity index (χ0) is 15.0. The lowest BCUT2D eigenvalue weighted by Crippen LogP contribution is -2.31. The molecule has 1 aromatic carbocycles. The van der Waals surface area contributed by atoms with E-state index in [4.69, 9.17) is 6.42 Å². The summed E-state index contributed by atoms with van der Waals surface area (Å²) in [4.78, 5) is 11.3. The van der Waals surface area contributed by atoms with Gasteiger partial charge in [0.2, 0.25) is 10.0 Å². The van der Waals surface area contributed by atoms with Gasteiger partial charge in [-0.2, -0.15) is 4.72 Å². The lowest BCUT2D eigenvalue weighted by atomic mass is 9.96. The number of benzene rings is 1. The molecule has 0 radical (unpaired) electrons. The first kappa shape index (κ1) is 14.6. The second-order valence-corrected chi connectivity index (χ2v) is 6.64. The molecular weight excluding hydrogens is 278 g/mol. The second kappa shape index (κ2) is 4.93. The van der Waals surface area contributed by atoms with Crippen LogP contribution in [0.3, 0.4) is 0 Å². The fourth-order valence-electron chi connectivity index (χ4n) is 2.04. The number of hydrogen-bond acceptors (Lipinski definition) is 3. The van der Waals surface area contributed by atoms with E-state index in [9.17, 15) is 18.3 Å². The summed E-state index contributed by atoms with van der Waals surface area (Å²) in [6.45, 7) is 1.57. The van der Waals surface area contributed by atoms with Gasteiger partial charge in [0.05, 0.1) is 16.4 Å². The highest BCUT2D eigenvalue weighted by Gasteiger charge is 2.51. The standard InChI is InChI=1S/C14H15NO4S/c1-3-10(2)15-20(18,19)12-6-4-11(5-7-12)14(8-9-14)13(16)17/h1,4-7,10,15H,8-9H2,2H3,(H,16,17). The predicted octanol–water partition coefficient (Wildman–Crippen LogP) is 1.10. The number of rotatable bonds is 5. The number of nitrogens with one attached hydrogen (secondary N) is 1. The van der Waals surface area contributed by atoms with Gasteiger partial charge in [-0.05, 0) is 37.5 Å². The Balaban J connectivity index is 2.26. The van der Waals surface area contributed by atoms with Crippen molar-refractivity contribution in [2.75, 3.05) is 0 Å². The van der Waals surface area contributed by atoms with Crippen LogP contribution in [0, 0.1) is 12.3 Å². The number of sulfonamides is 1. The number of hydrogen-bond donors (Lipinski definition) is 2. The summed E-state index contributed by atoms with van der Waals surface area (Å²) >= 11 is 0. The maximum Gasteiger partial charge on any atom is 0.314 e. The molecule has 2 N–H and O–H groups in total. The largest absolute Gasteiger partial charge is 0.481 e. The van der Waals surface area contributed by atoms with E-state index in [1.807, 2.05) is 0 Å². The van der Waals surface area contributed by atoms with Gasteiger partial charge in [0.1, 0.15) is 0 Å². The van der Waals surface area contributed by atoms with E-state index in [2.05, 4.69) is 10.6 Å². The second-order valence-electron chi connectivity index (χ2n) is 4.92. The van der Waals surface area contributed by atoms with Crippen LogP contribution in [0.5, 0.6) is 0 Å². The van der Waals surface area contributed by atoms with E-state index in [-0.39, 0.29) is 4.90 Å². The van der Waals surface area contributed by atoms with Crippen LogP contribution >= 0.6 is 0 Å². The molecule has 1 saturated carbocycles. The maximum absolute atomic E-state index is 12.0. The maximum atomic E-state index is 12.0. The van der Waals surface area contributed by atoms with Crippen molar-refractivity contribution in [2.24, 2.45) is 0 Å². The first-order valence-corrected chi connectivity index (χ1v) is 7.62. The molecule has 20 heavy (non-hydrogen) atoms. The van der Waals surface area contributed by atoms with Crippen LogP contribution in [0.4, 0.5) is 0 Å². The van der Waals surface area contributed by atoms with Gasteiger partial charge in [0.15, 0.2) is 0 Å². The molecule has 0 heterocycles. The third-order valence-electron chi connectivity index (χ3n) is 3.46. The lowest BCUT2D eigenvalue weighted by molar-refractivity contribution is -0.140. The van der Waals surface area contributed by atoms with E-state index in [0.717, 1.165) is 0 Å². The topological polar surface area (TPSA) is 83.5 Å². The number of carbonyl (C=O) groups is 1. The molecule has 0 aromatic heterocycles. The van der Waals surface area contributed by atoms with Gasteiger partial charge in [-0.25, -0.2) is 8.42 Å². The normalized spacial score (nSPS) is 18.0. The van der Waals surface area contributed by atoms with Crippen molar-refractivity contribution < 1.29 is 18.3 Å². The highest BCUT2D eigenvalue weighted by Crippen LogP contribution is 2.48. The molecule has 1 unspecified atom stereocenters. The van der Waals surface area contributed by atoms with Gasteiger partial charge < -0.3 is 5.11 Å². The molecule has 0 amide bonds. The monoisotopic (exact) mass is 293 g/mol. The van der Waals surface area contributed by atoms with Crippen molar-refractivity contribution in [3.05, 3.63) is 29.8 Å². The summed E-state index contributed by atoms with van der Waals surface area (Å²) in [6, 6.07) is 5.31. The van der Waals surface area contributed by atoms with E-state index >= 15 is 0 Å². The van der Waals surface area contributed by atoms with Gasteiger partial charge in [0.25, 0.3) is 0 Å². The first-order valence-electron chi connectivity index (χ1n) is 6.14. The number of aliphatic carboxylic acids is 1. The number of terminal acetylenes is 1. The van der Waals surface area contributed by atoms with E-state index < -0.39 is 27.4 Å². The van der Waals surface area contributed by atoms with Gasteiger partial charge in [-0.3, -0.25) is 4.79 Å². The summed E-state index contributed by atoms with van der Waals surface area (Å²) in [7, 11) is -3.67. The van der Waals surface area contributed by atoms with Gasteiger partial charge >= 0.3 is 5.97 Å². The van der Waals surface area contributed by atoms with Crippen molar-refractivity contribution in [3.8, 4) is 12.3 Å². The Labute approximate surface area is 118 Å².